The first-order chi connectivity index (χ1) is 12.0. The van der Waals surface area contributed by atoms with Gasteiger partial charge in [-0.05, 0) is 56.1 Å². The lowest BCUT2D eigenvalue weighted by atomic mass is 10.2. The van der Waals surface area contributed by atoms with Gasteiger partial charge >= 0.3 is 0 Å². The van der Waals surface area contributed by atoms with Crippen LogP contribution in [-0.4, -0.2) is 48.3 Å². The summed E-state index contributed by atoms with van der Waals surface area (Å²) >= 11 is 0.985. The second kappa shape index (κ2) is 9.63. The third-order valence-electron chi connectivity index (χ3n) is 3.74. The van der Waals surface area contributed by atoms with E-state index in [2.05, 4.69) is 6.92 Å². The first-order valence-electron chi connectivity index (χ1n) is 8.64. The molecule has 0 radical (unpaired) electrons. The van der Waals surface area contributed by atoms with Crippen LogP contribution in [-0.2, 0) is 4.79 Å². The molecule has 6 heteroatoms. The number of carbonyl (C=O) groups excluding carboxylic acids is 2. The lowest BCUT2D eigenvalue weighted by molar-refractivity contribution is -0.123. The van der Waals surface area contributed by atoms with Crippen molar-refractivity contribution in [3.8, 4) is 5.75 Å². The molecule has 5 nitrogen and oxygen atoms in total. The number of unbranched alkanes of at least 4 members (excludes halogenated alkanes) is 3. The van der Waals surface area contributed by atoms with Crippen LogP contribution in [0.15, 0.2) is 29.2 Å². The topological polar surface area (TPSA) is 49.9 Å². The largest absolute Gasteiger partial charge is 0.494 e. The highest BCUT2D eigenvalue weighted by atomic mass is 32.2. The van der Waals surface area contributed by atoms with Gasteiger partial charge in [-0.3, -0.25) is 19.4 Å². The van der Waals surface area contributed by atoms with Crippen molar-refractivity contribution in [2.75, 3.05) is 27.4 Å². The van der Waals surface area contributed by atoms with E-state index in [9.17, 15) is 9.59 Å². The van der Waals surface area contributed by atoms with Crippen LogP contribution in [0.5, 0.6) is 5.75 Å². The molecule has 0 spiro atoms. The summed E-state index contributed by atoms with van der Waals surface area (Å²) in [7, 11) is 3.65. The van der Waals surface area contributed by atoms with Gasteiger partial charge in [-0.15, -0.1) is 0 Å². The summed E-state index contributed by atoms with van der Waals surface area (Å²) in [5.74, 6) is 0.592. The van der Waals surface area contributed by atoms with Crippen LogP contribution < -0.4 is 4.74 Å². The van der Waals surface area contributed by atoms with Crippen molar-refractivity contribution in [3.05, 3.63) is 34.7 Å². The van der Waals surface area contributed by atoms with E-state index in [1.54, 1.807) is 11.0 Å². The smallest absolute Gasteiger partial charge is 0.294 e. The van der Waals surface area contributed by atoms with Crippen LogP contribution in [0.2, 0.25) is 0 Å². The predicted molar refractivity (Wildman–Crippen MR) is 102 cm³/mol. The first-order valence-corrected chi connectivity index (χ1v) is 9.46. The van der Waals surface area contributed by atoms with E-state index in [-0.39, 0.29) is 11.1 Å². The van der Waals surface area contributed by atoms with Crippen LogP contribution in [0.1, 0.15) is 38.2 Å². The van der Waals surface area contributed by atoms with Gasteiger partial charge in [0, 0.05) is 0 Å². The van der Waals surface area contributed by atoms with Gasteiger partial charge in [0.15, 0.2) is 0 Å². The maximum atomic E-state index is 12.3. The van der Waals surface area contributed by atoms with Crippen molar-refractivity contribution < 1.29 is 14.3 Å². The fourth-order valence-corrected chi connectivity index (χ4v) is 3.27. The summed E-state index contributed by atoms with van der Waals surface area (Å²) in [6.45, 7) is 3.21. The van der Waals surface area contributed by atoms with E-state index in [1.807, 2.05) is 38.4 Å². The van der Waals surface area contributed by atoms with E-state index < -0.39 is 0 Å². The zero-order chi connectivity index (χ0) is 18.2. The minimum Gasteiger partial charge on any atom is -0.494 e. The number of ether oxygens (including phenoxy) is 1. The third-order valence-corrected chi connectivity index (χ3v) is 4.65. The molecule has 0 aromatic heterocycles. The second-order valence-corrected chi connectivity index (χ2v) is 7.30. The van der Waals surface area contributed by atoms with E-state index in [1.165, 1.54) is 24.2 Å². The number of hydrogen-bond acceptors (Lipinski definition) is 5. The molecule has 1 aromatic carbocycles. The normalized spacial score (nSPS) is 16.3. The molecule has 1 aromatic rings. The molecule has 1 aliphatic heterocycles. The Hall–Kier alpha value is -1.79. The molecule has 1 heterocycles. The van der Waals surface area contributed by atoms with Crippen molar-refractivity contribution in [2.45, 2.75) is 32.6 Å². The number of rotatable bonds is 9. The highest BCUT2D eigenvalue weighted by Crippen LogP contribution is 2.32. The minimum atomic E-state index is -0.236. The predicted octanol–water partition coefficient (Wildman–Crippen LogP) is 4.20. The van der Waals surface area contributed by atoms with Gasteiger partial charge in [-0.2, -0.15) is 0 Å². The molecular weight excluding hydrogens is 336 g/mol. The maximum absolute atomic E-state index is 12.3. The Morgan fingerprint density at radius 1 is 1.12 bits per heavy atom. The molecule has 2 amide bonds. The van der Waals surface area contributed by atoms with Gasteiger partial charge in [0.1, 0.15) is 5.75 Å². The van der Waals surface area contributed by atoms with Crippen LogP contribution in [0.25, 0.3) is 6.08 Å². The summed E-state index contributed by atoms with van der Waals surface area (Å²) in [6, 6.07) is 7.61. The summed E-state index contributed by atoms with van der Waals surface area (Å²) in [6.07, 6.45) is 6.47. The zero-order valence-corrected chi connectivity index (χ0v) is 16.0. The number of imide groups is 1. The number of thioether (sulfide) groups is 1. The molecule has 0 N–H and O–H groups in total. The van der Waals surface area contributed by atoms with E-state index in [0.29, 0.717) is 11.6 Å². The lowest BCUT2D eigenvalue weighted by Gasteiger charge is -2.17. The molecule has 1 aliphatic rings. The summed E-state index contributed by atoms with van der Waals surface area (Å²) in [5, 5.41) is -0.225. The molecule has 0 atom stereocenters. The Morgan fingerprint density at radius 2 is 1.84 bits per heavy atom. The highest BCUT2D eigenvalue weighted by Gasteiger charge is 2.35. The van der Waals surface area contributed by atoms with E-state index in [0.717, 1.165) is 36.1 Å². The molecule has 0 saturated carbocycles. The van der Waals surface area contributed by atoms with Crippen molar-refractivity contribution in [1.82, 2.24) is 9.80 Å². The van der Waals surface area contributed by atoms with Gasteiger partial charge in [0.2, 0.25) is 0 Å². The Kier molecular flexibility index (Phi) is 7.52. The molecular formula is C19H26N2O3S. The number of hydrogen-bond donors (Lipinski definition) is 0. The highest BCUT2D eigenvalue weighted by molar-refractivity contribution is 8.18. The Balaban J connectivity index is 1.93. The molecule has 2 rings (SSSR count). The molecule has 0 unspecified atom stereocenters. The van der Waals surface area contributed by atoms with Crippen LogP contribution >= 0.6 is 11.8 Å². The summed E-state index contributed by atoms with van der Waals surface area (Å²) in [4.78, 5) is 27.8. The van der Waals surface area contributed by atoms with Crippen LogP contribution in [0.3, 0.4) is 0 Å². The van der Waals surface area contributed by atoms with E-state index >= 15 is 0 Å². The summed E-state index contributed by atoms with van der Waals surface area (Å²) in [5.41, 5.74) is 0.883. The second-order valence-electron chi connectivity index (χ2n) is 6.31. The SMILES string of the molecule is CCCCCCOc1ccc(C=C2SC(=O)N(CN(C)C)C2=O)cc1. The minimum absolute atomic E-state index is 0.225. The van der Waals surface area contributed by atoms with Gasteiger partial charge in [0.05, 0.1) is 18.2 Å². The Labute approximate surface area is 154 Å². The molecule has 136 valence electrons. The molecule has 1 saturated heterocycles. The standard InChI is InChI=1S/C19H26N2O3S/c1-4-5-6-7-12-24-16-10-8-15(9-11-16)13-17-18(22)21(14-20(2)3)19(23)25-17/h8-11,13H,4-7,12,14H2,1-3H3. The van der Waals surface area contributed by atoms with Crippen molar-refractivity contribution in [3.63, 3.8) is 0 Å². The Bertz CT molecular complexity index is 626. The fraction of sp³-hybridized carbons (Fsp3) is 0.474. The van der Waals surface area contributed by atoms with E-state index in [4.69, 9.17) is 4.74 Å². The van der Waals surface area contributed by atoms with Crippen LogP contribution in [0.4, 0.5) is 4.79 Å². The lowest BCUT2D eigenvalue weighted by Crippen LogP contribution is -2.36. The first kappa shape index (κ1) is 19.5. The number of nitrogens with zero attached hydrogens (tertiary/aromatic N) is 2. The average Bonchev–Trinajstić information content (AvgIpc) is 2.83. The third kappa shape index (κ3) is 5.90. The zero-order valence-electron chi connectivity index (χ0n) is 15.2. The number of amides is 2. The molecule has 0 aliphatic carbocycles. The number of carbonyl (C=O) groups is 2. The van der Waals surface area contributed by atoms with Gasteiger partial charge in [-0.25, -0.2) is 0 Å². The van der Waals surface area contributed by atoms with Gasteiger partial charge in [0.25, 0.3) is 11.1 Å². The van der Waals surface area contributed by atoms with Crippen LogP contribution in [0, 0.1) is 0 Å². The molecule has 0 bridgehead atoms. The quantitative estimate of drug-likeness (QED) is 0.487. The monoisotopic (exact) mass is 362 g/mol. The van der Waals surface area contributed by atoms with Crippen molar-refractivity contribution in [2.24, 2.45) is 0 Å². The fourth-order valence-electron chi connectivity index (χ4n) is 2.44. The maximum Gasteiger partial charge on any atom is 0.294 e. The average molecular weight is 362 g/mol. The number of benzene rings is 1. The van der Waals surface area contributed by atoms with Crippen molar-refractivity contribution >= 4 is 29.0 Å². The Morgan fingerprint density at radius 3 is 2.48 bits per heavy atom. The molecule has 1 fully saturated rings. The van der Waals surface area contributed by atoms with Crippen molar-refractivity contribution in [1.29, 1.82) is 0 Å². The van der Waals surface area contributed by atoms with Gasteiger partial charge < -0.3 is 4.74 Å². The molecule has 25 heavy (non-hydrogen) atoms. The summed E-state index contributed by atoms with van der Waals surface area (Å²) < 4.78 is 5.72. The van der Waals surface area contributed by atoms with Gasteiger partial charge in [-0.1, -0.05) is 38.3 Å².